The summed E-state index contributed by atoms with van der Waals surface area (Å²) in [6, 6.07) is 4.01. The summed E-state index contributed by atoms with van der Waals surface area (Å²) in [5, 5.41) is 5.81. The topological polar surface area (TPSA) is 59.2 Å². The van der Waals surface area contributed by atoms with E-state index in [4.69, 9.17) is 16.1 Å². The molecule has 0 spiro atoms. The van der Waals surface area contributed by atoms with Crippen molar-refractivity contribution in [2.75, 3.05) is 14.1 Å². The summed E-state index contributed by atoms with van der Waals surface area (Å²) in [6.45, 7) is 0. The van der Waals surface area contributed by atoms with Gasteiger partial charge in [0.15, 0.2) is 5.76 Å². The molecule has 29 heavy (non-hydrogen) atoms. The van der Waals surface area contributed by atoms with Crippen LogP contribution in [0.1, 0.15) is 5.76 Å². The number of benzene rings is 1. The van der Waals surface area contributed by atoms with Crippen LogP contribution in [0.3, 0.4) is 0 Å². The highest BCUT2D eigenvalue weighted by molar-refractivity contribution is 7.13. The molecule has 3 aromatic rings. The van der Waals surface area contributed by atoms with Crippen LogP contribution in [0.4, 0.5) is 17.6 Å². The molecule has 0 radical (unpaired) electrons. The van der Waals surface area contributed by atoms with E-state index in [0.717, 1.165) is 17.4 Å². The largest absolute Gasteiger partial charge is 0.454 e. The van der Waals surface area contributed by atoms with E-state index in [1.807, 2.05) is 0 Å². The van der Waals surface area contributed by atoms with Gasteiger partial charge in [0, 0.05) is 31.7 Å². The van der Waals surface area contributed by atoms with E-state index in [1.54, 1.807) is 5.38 Å². The lowest BCUT2D eigenvalue weighted by Gasteiger charge is -2.16. The molecule has 2 heterocycles. The second-order valence-electron chi connectivity index (χ2n) is 5.96. The molecule has 0 aliphatic carbocycles. The van der Waals surface area contributed by atoms with Gasteiger partial charge >= 0.3 is 6.18 Å². The van der Waals surface area contributed by atoms with Gasteiger partial charge in [-0.05, 0) is 12.1 Å². The standard InChI is InChI=1S/C18H12ClF4N3O2S/c1-26(2)11(8-12(27)18(21,22)23)16-14(17-24-6-7-29-17)15(25-28-16)13-9(19)4-3-5-10(13)20/h3-8H,1-2H3. The smallest absolute Gasteiger partial charge is 0.374 e. The Morgan fingerprint density at radius 1 is 1.28 bits per heavy atom. The fourth-order valence-corrected chi connectivity index (χ4v) is 3.44. The second-order valence-corrected chi connectivity index (χ2v) is 7.26. The Kier molecular flexibility index (Phi) is 5.76. The number of aromatic nitrogens is 2. The summed E-state index contributed by atoms with van der Waals surface area (Å²) >= 11 is 7.27. The van der Waals surface area contributed by atoms with Crippen LogP contribution >= 0.6 is 22.9 Å². The van der Waals surface area contributed by atoms with E-state index in [9.17, 15) is 22.4 Å². The predicted octanol–water partition coefficient (Wildman–Crippen LogP) is 5.29. The van der Waals surface area contributed by atoms with Gasteiger partial charge in [-0.15, -0.1) is 11.3 Å². The highest BCUT2D eigenvalue weighted by atomic mass is 35.5. The summed E-state index contributed by atoms with van der Waals surface area (Å²) in [4.78, 5) is 16.9. The molecule has 11 heteroatoms. The SMILES string of the molecule is CN(C)C(=CC(=O)C(F)(F)F)c1onc(-c2c(F)cccc2Cl)c1-c1nccs1. The number of hydrogen-bond acceptors (Lipinski definition) is 6. The Bertz CT molecular complexity index is 1060. The van der Waals surface area contributed by atoms with Crippen molar-refractivity contribution < 1.29 is 26.9 Å². The first kappa shape index (κ1) is 21.0. The Morgan fingerprint density at radius 2 is 2.00 bits per heavy atom. The Labute approximate surface area is 171 Å². The van der Waals surface area contributed by atoms with Crippen LogP contribution in [0.15, 0.2) is 40.4 Å². The monoisotopic (exact) mass is 445 g/mol. The van der Waals surface area contributed by atoms with Crippen molar-refractivity contribution in [1.82, 2.24) is 15.0 Å². The van der Waals surface area contributed by atoms with Crippen LogP contribution in [0.5, 0.6) is 0 Å². The molecule has 1 aromatic carbocycles. The quantitative estimate of drug-likeness (QED) is 0.394. The van der Waals surface area contributed by atoms with Crippen LogP contribution in [-0.4, -0.2) is 41.1 Å². The number of carbonyl (C=O) groups is 1. The van der Waals surface area contributed by atoms with Crippen molar-refractivity contribution in [1.29, 1.82) is 0 Å². The Balaban J connectivity index is 2.29. The number of allylic oxidation sites excluding steroid dienone is 1. The molecule has 5 nitrogen and oxygen atoms in total. The van der Waals surface area contributed by atoms with Gasteiger partial charge in [0.2, 0.25) is 0 Å². The third-order valence-electron chi connectivity index (χ3n) is 3.80. The summed E-state index contributed by atoms with van der Waals surface area (Å²) in [7, 11) is 2.86. The minimum absolute atomic E-state index is 0.0319. The van der Waals surface area contributed by atoms with E-state index < -0.39 is 17.8 Å². The molecule has 152 valence electrons. The van der Waals surface area contributed by atoms with E-state index >= 15 is 0 Å². The molecule has 0 aliphatic heterocycles. The van der Waals surface area contributed by atoms with Gasteiger partial charge in [-0.25, -0.2) is 9.37 Å². The van der Waals surface area contributed by atoms with Crippen molar-refractivity contribution in [3.8, 4) is 21.8 Å². The van der Waals surface area contributed by atoms with Crippen molar-refractivity contribution in [3.05, 3.63) is 52.5 Å². The summed E-state index contributed by atoms with van der Waals surface area (Å²) in [5.41, 5.74) is -0.203. The van der Waals surface area contributed by atoms with Gasteiger partial charge in [0.05, 0.1) is 21.8 Å². The van der Waals surface area contributed by atoms with E-state index in [1.165, 1.54) is 37.3 Å². The van der Waals surface area contributed by atoms with Crippen molar-refractivity contribution >= 4 is 34.4 Å². The molecule has 2 aromatic heterocycles. The Hall–Kier alpha value is -2.72. The van der Waals surface area contributed by atoms with Crippen LogP contribution in [0.25, 0.3) is 27.5 Å². The lowest BCUT2D eigenvalue weighted by molar-refractivity contribution is -0.165. The molecule has 0 atom stereocenters. The zero-order valence-corrected chi connectivity index (χ0v) is 16.5. The first-order valence-corrected chi connectivity index (χ1v) is 9.21. The summed E-state index contributed by atoms with van der Waals surface area (Å²) < 4.78 is 58.2. The highest BCUT2D eigenvalue weighted by Gasteiger charge is 2.38. The molecule has 0 saturated carbocycles. The van der Waals surface area contributed by atoms with Gasteiger partial charge < -0.3 is 9.42 Å². The number of carbonyl (C=O) groups excluding carboxylic acids is 1. The number of alkyl halides is 3. The molecular formula is C18H12ClF4N3O2S. The maximum atomic E-state index is 14.5. The molecule has 3 rings (SSSR count). The molecule has 0 saturated heterocycles. The first-order chi connectivity index (χ1) is 13.6. The van der Waals surface area contributed by atoms with Crippen LogP contribution in [-0.2, 0) is 4.79 Å². The van der Waals surface area contributed by atoms with Gasteiger partial charge in [-0.3, -0.25) is 4.79 Å². The molecule has 0 N–H and O–H groups in total. The fraction of sp³-hybridized carbons (Fsp3) is 0.167. The highest BCUT2D eigenvalue weighted by Crippen LogP contribution is 2.42. The third-order valence-corrected chi connectivity index (χ3v) is 4.91. The molecule has 0 aliphatic rings. The van der Waals surface area contributed by atoms with Crippen LogP contribution in [0, 0.1) is 5.82 Å². The predicted molar refractivity (Wildman–Crippen MR) is 101 cm³/mol. The zero-order chi connectivity index (χ0) is 21.3. The van der Waals surface area contributed by atoms with E-state index in [0.29, 0.717) is 11.1 Å². The van der Waals surface area contributed by atoms with Crippen molar-refractivity contribution in [2.45, 2.75) is 6.18 Å². The first-order valence-electron chi connectivity index (χ1n) is 7.95. The van der Waals surface area contributed by atoms with E-state index in [2.05, 4.69) is 10.1 Å². The minimum atomic E-state index is -5.07. The van der Waals surface area contributed by atoms with Gasteiger partial charge in [0.25, 0.3) is 5.78 Å². The Morgan fingerprint density at radius 3 is 2.55 bits per heavy atom. The maximum Gasteiger partial charge on any atom is 0.454 e. The lowest BCUT2D eigenvalue weighted by atomic mass is 10.0. The third kappa shape index (κ3) is 4.18. The fourth-order valence-electron chi connectivity index (χ4n) is 2.51. The number of halogens is 5. The zero-order valence-electron chi connectivity index (χ0n) is 14.9. The van der Waals surface area contributed by atoms with E-state index in [-0.39, 0.29) is 33.3 Å². The number of rotatable bonds is 5. The number of hydrogen-bond donors (Lipinski definition) is 0. The maximum absolute atomic E-state index is 14.5. The van der Waals surface area contributed by atoms with Crippen molar-refractivity contribution in [2.24, 2.45) is 0 Å². The van der Waals surface area contributed by atoms with Gasteiger partial charge in [-0.2, -0.15) is 13.2 Å². The average molecular weight is 446 g/mol. The molecule has 0 amide bonds. The molecule has 0 fully saturated rings. The number of thiazole rings is 1. The second kappa shape index (κ2) is 7.96. The minimum Gasteiger partial charge on any atom is -0.374 e. The molecule has 0 bridgehead atoms. The number of ketones is 1. The van der Waals surface area contributed by atoms with Crippen molar-refractivity contribution in [3.63, 3.8) is 0 Å². The molecule has 0 unspecified atom stereocenters. The average Bonchev–Trinajstić information content (AvgIpc) is 3.27. The lowest BCUT2D eigenvalue weighted by Crippen LogP contribution is -2.22. The summed E-state index contributed by atoms with van der Waals surface area (Å²) in [5.74, 6) is -2.94. The van der Waals surface area contributed by atoms with Crippen LogP contribution in [0.2, 0.25) is 5.02 Å². The normalized spacial score (nSPS) is 12.3. The summed E-state index contributed by atoms with van der Waals surface area (Å²) in [6.07, 6.45) is -3.21. The van der Waals surface area contributed by atoms with Gasteiger partial charge in [-0.1, -0.05) is 22.8 Å². The number of nitrogens with zero attached hydrogens (tertiary/aromatic N) is 3. The molecular weight excluding hydrogens is 434 g/mol. The van der Waals surface area contributed by atoms with Crippen LogP contribution < -0.4 is 0 Å². The van der Waals surface area contributed by atoms with Gasteiger partial charge in [0.1, 0.15) is 16.5 Å².